The molecule has 0 heterocycles. The summed E-state index contributed by atoms with van der Waals surface area (Å²) >= 11 is 0. The first-order valence-electron chi connectivity index (χ1n) is 11.6. The highest BCUT2D eigenvalue weighted by molar-refractivity contribution is 7.48. The molecule has 0 bridgehead atoms. The molecule has 31 heavy (non-hydrogen) atoms. The van der Waals surface area contributed by atoms with Crippen LogP contribution >= 0.6 is 7.82 Å². The van der Waals surface area contributed by atoms with Gasteiger partial charge in [-0.1, -0.05) is 33.6 Å². The van der Waals surface area contributed by atoms with Gasteiger partial charge in [0, 0.05) is 19.8 Å². The highest BCUT2D eigenvalue weighted by atomic mass is 31.2. The molecule has 0 radical (unpaired) electrons. The third-order valence-corrected chi connectivity index (χ3v) is 5.30. The minimum Gasteiger partial charge on any atom is -0.379 e. The molecule has 0 aliphatic heterocycles. The summed E-state index contributed by atoms with van der Waals surface area (Å²) in [5, 5.41) is 0. The molecule has 0 fully saturated rings. The van der Waals surface area contributed by atoms with Crippen molar-refractivity contribution in [1.82, 2.24) is 0 Å². The van der Waals surface area contributed by atoms with E-state index in [-0.39, 0.29) is 33.0 Å². The minimum absolute atomic E-state index is 0.0914. The zero-order valence-electron chi connectivity index (χ0n) is 19.8. The van der Waals surface area contributed by atoms with E-state index in [4.69, 9.17) is 37.3 Å². The number of ether oxygens (including phenoxy) is 5. The zero-order chi connectivity index (χ0) is 22.9. The monoisotopic (exact) mass is 472 g/mol. The molecule has 0 aromatic carbocycles. The third kappa shape index (κ3) is 22.9. The average Bonchev–Trinajstić information content (AvgIpc) is 2.77. The Morgan fingerprint density at radius 1 is 0.419 bits per heavy atom. The van der Waals surface area contributed by atoms with Crippen LogP contribution in [0.4, 0.5) is 0 Å². The van der Waals surface area contributed by atoms with Gasteiger partial charge < -0.3 is 23.7 Å². The van der Waals surface area contributed by atoms with Gasteiger partial charge in [0.25, 0.3) is 0 Å². The van der Waals surface area contributed by atoms with Gasteiger partial charge in [-0.3, -0.25) is 13.6 Å². The molecule has 0 unspecified atom stereocenters. The topological polar surface area (TPSA) is 90.9 Å². The van der Waals surface area contributed by atoms with Crippen LogP contribution in [0.3, 0.4) is 0 Å². The number of phosphoric acid groups is 1. The van der Waals surface area contributed by atoms with Crippen LogP contribution in [0.5, 0.6) is 0 Å². The Hall–Kier alpha value is -0.0900. The van der Waals surface area contributed by atoms with Crippen LogP contribution in [-0.2, 0) is 41.8 Å². The van der Waals surface area contributed by atoms with E-state index < -0.39 is 7.82 Å². The summed E-state index contributed by atoms with van der Waals surface area (Å²) in [6, 6.07) is 0. The second-order valence-electron chi connectivity index (χ2n) is 6.72. The maximum atomic E-state index is 12.8. The smallest absolute Gasteiger partial charge is 0.379 e. The molecule has 0 saturated carbocycles. The Labute approximate surface area is 188 Å². The zero-order valence-corrected chi connectivity index (χ0v) is 20.7. The van der Waals surface area contributed by atoms with Gasteiger partial charge in [0.15, 0.2) is 0 Å². The predicted octanol–water partition coefficient (Wildman–Crippen LogP) is 4.24. The van der Waals surface area contributed by atoms with Gasteiger partial charge in [0.1, 0.15) is 0 Å². The summed E-state index contributed by atoms with van der Waals surface area (Å²) in [5.74, 6) is 0. The molecular weight excluding hydrogens is 427 g/mol. The van der Waals surface area contributed by atoms with Crippen molar-refractivity contribution >= 4 is 7.82 Å². The van der Waals surface area contributed by atoms with Gasteiger partial charge in [0.2, 0.25) is 0 Å². The van der Waals surface area contributed by atoms with Crippen molar-refractivity contribution in [3.05, 3.63) is 0 Å². The van der Waals surface area contributed by atoms with Crippen LogP contribution in [0.1, 0.15) is 52.9 Å². The molecule has 0 saturated heterocycles. The second kappa shape index (κ2) is 24.6. The number of rotatable bonds is 26. The third-order valence-electron chi connectivity index (χ3n) is 3.81. The molecule has 188 valence electrons. The van der Waals surface area contributed by atoms with E-state index >= 15 is 0 Å². The second-order valence-corrected chi connectivity index (χ2v) is 8.38. The summed E-state index contributed by atoms with van der Waals surface area (Å²) in [5.41, 5.74) is 0. The number of phosphoric ester groups is 1. The maximum Gasteiger partial charge on any atom is 0.475 e. The Bertz CT molecular complexity index is 373. The van der Waals surface area contributed by atoms with Crippen LogP contribution in [-0.4, -0.2) is 85.9 Å². The molecule has 0 aliphatic carbocycles. The number of unbranched alkanes of at least 4 members (excludes halogenated alkanes) is 2. The van der Waals surface area contributed by atoms with Gasteiger partial charge in [-0.05, 0) is 19.3 Å². The number of hydrogen-bond donors (Lipinski definition) is 0. The lowest BCUT2D eigenvalue weighted by Crippen LogP contribution is -2.14. The van der Waals surface area contributed by atoms with Crippen molar-refractivity contribution in [1.29, 1.82) is 0 Å². The highest BCUT2D eigenvalue weighted by Gasteiger charge is 2.26. The van der Waals surface area contributed by atoms with Crippen LogP contribution < -0.4 is 0 Å². The van der Waals surface area contributed by atoms with Crippen molar-refractivity contribution in [3.63, 3.8) is 0 Å². The van der Waals surface area contributed by atoms with E-state index in [1.54, 1.807) is 0 Å². The Balaban J connectivity index is 3.98. The van der Waals surface area contributed by atoms with Gasteiger partial charge >= 0.3 is 7.82 Å². The Morgan fingerprint density at radius 3 is 1.10 bits per heavy atom. The van der Waals surface area contributed by atoms with Crippen molar-refractivity contribution in [2.75, 3.05) is 85.9 Å². The predicted molar refractivity (Wildman–Crippen MR) is 120 cm³/mol. The molecule has 10 heteroatoms. The van der Waals surface area contributed by atoms with E-state index in [1.165, 1.54) is 0 Å². The summed E-state index contributed by atoms with van der Waals surface area (Å²) < 4.78 is 55.9. The molecule has 0 amide bonds. The lowest BCUT2D eigenvalue weighted by Gasteiger charge is -2.18. The van der Waals surface area contributed by atoms with Gasteiger partial charge in [-0.2, -0.15) is 0 Å². The molecular formula is C21H45O9P. The van der Waals surface area contributed by atoms with E-state index in [9.17, 15) is 4.57 Å². The molecule has 0 N–H and O–H groups in total. The molecule has 0 spiro atoms. The summed E-state index contributed by atoms with van der Waals surface area (Å²) in [6.07, 6.45) is 5.19. The SMILES string of the molecule is CCCCOCCOCCOP(=O)(OCCOCCC)OCCOCCOCCCC. The lowest BCUT2D eigenvalue weighted by atomic mass is 10.4. The van der Waals surface area contributed by atoms with E-state index in [1.807, 2.05) is 6.92 Å². The summed E-state index contributed by atoms with van der Waals surface area (Å²) in [6.45, 7) is 11.5. The van der Waals surface area contributed by atoms with E-state index in [0.29, 0.717) is 39.6 Å². The summed E-state index contributed by atoms with van der Waals surface area (Å²) in [7, 11) is -3.71. The average molecular weight is 473 g/mol. The maximum absolute atomic E-state index is 12.8. The van der Waals surface area contributed by atoms with Crippen molar-refractivity contribution in [2.24, 2.45) is 0 Å². The fourth-order valence-electron chi connectivity index (χ4n) is 2.12. The van der Waals surface area contributed by atoms with Crippen LogP contribution in [0.15, 0.2) is 0 Å². The molecule has 0 atom stereocenters. The van der Waals surface area contributed by atoms with Crippen molar-refractivity contribution in [3.8, 4) is 0 Å². The summed E-state index contributed by atoms with van der Waals surface area (Å²) in [4.78, 5) is 0. The number of hydrogen-bond acceptors (Lipinski definition) is 9. The van der Waals surface area contributed by atoms with Crippen molar-refractivity contribution in [2.45, 2.75) is 52.9 Å². The fraction of sp³-hybridized carbons (Fsp3) is 1.00. The largest absolute Gasteiger partial charge is 0.475 e. The normalized spacial score (nSPS) is 12.0. The lowest BCUT2D eigenvalue weighted by molar-refractivity contribution is 0.0110. The first kappa shape index (κ1) is 30.9. The first-order valence-corrected chi connectivity index (χ1v) is 13.1. The van der Waals surface area contributed by atoms with E-state index in [2.05, 4.69) is 13.8 Å². The van der Waals surface area contributed by atoms with Crippen molar-refractivity contribution < 1.29 is 41.8 Å². The highest BCUT2D eigenvalue weighted by Crippen LogP contribution is 2.49. The van der Waals surface area contributed by atoms with Gasteiger partial charge in [-0.15, -0.1) is 0 Å². The molecule has 9 nitrogen and oxygen atoms in total. The van der Waals surface area contributed by atoms with Gasteiger partial charge in [0.05, 0.1) is 66.1 Å². The standard InChI is InChI=1S/C21H45O9P/c1-4-7-10-24-12-14-26-17-20-29-31(22,28-19-16-23-9-6-3)30-21-18-27-15-13-25-11-8-5-2/h4-21H2,1-3H3. The molecule has 0 aromatic rings. The van der Waals surface area contributed by atoms with Crippen LogP contribution in [0.25, 0.3) is 0 Å². The molecule has 0 aliphatic rings. The van der Waals surface area contributed by atoms with Gasteiger partial charge in [-0.25, -0.2) is 4.57 Å². The quantitative estimate of drug-likeness (QED) is 0.135. The molecule has 0 rings (SSSR count). The van der Waals surface area contributed by atoms with Crippen LogP contribution in [0, 0.1) is 0 Å². The van der Waals surface area contributed by atoms with Crippen LogP contribution in [0.2, 0.25) is 0 Å². The Kier molecular flexibility index (Phi) is 24.5. The first-order chi connectivity index (χ1) is 15.2. The molecule has 0 aromatic heterocycles. The minimum atomic E-state index is -3.71. The Morgan fingerprint density at radius 2 is 0.742 bits per heavy atom. The fourth-order valence-corrected chi connectivity index (χ4v) is 3.24. The van der Waals surface area contributed by atoms with E-state index in [0.717, 1.165) is 45.3 Å².